The van der Waals surface area contributed by atoms with E-state index in [9.17, 15) is 5.11 Å². The predicted octanol–water partition coefficient (Wildman–Crippen LogP) is 0.594. The molecule has 1 unspecified atom stereocenters. The molecular weight excluding hydrogens is 236 g/mol. The van der Waals surface area contributed by atoms with Gasteiger partial charge in [-0.25, -0.2) is 4.98 Å². The molecule has 0 aliphatic carbocycles. The summed E-state index contributed by atoms with van der Waals surface area (Å²) in [5.41, 5.74) is 2.90. The van der Waals surface area contributed by atoms with Gasteiger partial charge in [0, 0.05) is 17.8 Å². The molecule has 2 N–H and O–H groups in total. The minimum atomic E-state index is -0.508. The monoisotopic (exact) mass is 254 g/mol. The number of thiazole rings is 1. The lowest BCUT2D eigenvalue weighted by molar-refractivity contribution is 0.0390. The molecule has 0 saturated carbocycles. The average Bonchev–Trinajstić information content (AvgIpc) is 2.71. The Hall–Kier alpha value is -0.930. The van der Waals surface area contributed by atoms with Crippen LogP contribution in [-0.2, 0) is 11.2 Å². The summed E-state index contributed by atoms with van der Waals surface area (Å²) in [5, 5.41) is 12.4. The molecule has 17 heavy (non-hydrogen) atoms. The summed E-state index contributed by atoms with van der Waals surface area (Å²) >= 11 is 1.64. The summed E-state index contributed by atoms with van der Waals surface area (Å²) in [6.07, 6.45) is 5.41. The van der Waals surface area contributed by atoms with Gasteiger partial charge in [0.2, 0.25) is 0 Å². The number of terminal acetylenes is 1. The molecule has 1 rings (SSSR count). The molecule has 1 atom stereocenters. The molecule has 0 aliphatic heterocycles. The van der Waals surface area contributed by atoms with Crippen molar-refractivity contribution in [2.45, 2.75) is 19.4 Å². The molecule has 0 amide bonds. The second-order valence-corrected chi connectivity index (χ2v) is 4.61. The van der Waals surface area contributed by atoms with Crippen LogP contribution in [0, 0.1) is 19.3 Å². The largest absolute Gasteiger partial charge is 0.389 e. The first-order chi connectivity index (χ1) is 8.24. The molecule has 0 spiro atoms. The fourth-order valence-electron chi connectivity index (χ4n) is 1.32. The second kappa shape index (κ2) is 8.20. The zero-order valence-electron chi connectivity index (χ0n) is 9.98. The van der Waals surface area contributed by atoms with Crippen LogP contribution in [0.5, 0.6) is 0 Å². The Kier molecular flexibility index (Phi) is 6.82. The van der Waals surface area contributed by atoms with Gasteiger partial charge in [-0.05, 0) is 6.92 Å². The quantitative estimate of drug-likeness (QED) is 0.527. The molecule has 1 heterocycles. The van der Waals surface area contributed by atoms with E-state index in [2.05, 4.69) is 16.2 Å². The number of aliphatic hydroxyl groups excluding tert-OH is 1. The van der Waals surface area contributed by atoms with Gasteiger partial charge < -0.3 is 15.2 Å². The molecule has 0 bridgehead atoms. The minimum Gasteiger partial charge on any atom is -0.389 e. The van der Waals surface area contributed by atoms with E-state index < -0.39 is 6.10 Å². The molecule has 0 radical (unpaired) electrons. The van der Waals surface area contributed by atoms with E-state index in [1.807, 2.05) is 12.4 Å². The third-order valence-electron chi connectivity index (χ3n) is 2.24. The molecular formula is C12H18N2O2S. The molecule has 4 nitrogen and oxygen atoms in total. The Labute approximate surface area is 106 Å². The number of nitrogens with zero attached hydrogens (tertiary/aromatic N) is 1. The zero-order chi connectivity index (χ0) is 12.5. The summed E-state index contributed by atoms with van der Waals surface area (Å²) in [6.45, 7) is 3.86. The summed E-state index contributed by atoms with van der Waals surface area (Å²) < 4.78 is 5.39. The lowest BCUT2D eigenvalue weighted by Crippen LogP contribution is -2.30. The Balaban J connectivity index is 2.04. The van der Waals surface area contributed by atoms with Crippen molar-refractivity contribution < 1.29 is 9.84 Å². The van der Waals surface area contributed by atoms with Crippen LogP contribution in [0.3, 0.4) is 0 Å². The number of aryl methyl sites for hydroxylation is 1. The van der Waals surface area contributed by atoms with E-state index >= 15 is 0 Å². The van der Waals surface area contributed by atoms with Crippen LogP contribution in [-0.4, -0.2) is 42.5 Å². The maximum absolute atomic E-state index is 9.52. The van der Waals surface area contributed by atoms with Gasteiger partial charge >= 0.3 is 0 Å². The van der Waals surface area contributed by atoms with Gasteiger partial charge in [0.15, 0.2) is 0 Å². The lowest BCUT2D eigenvalue weighted by atomic mass is 10.3. The third-order valence-corrected chi connectivity index (χ3v) is 3.23. The Bertz CT molecular complexity index is 360. The van der Waals surface area contributed by atoms with Crippen molar-refractivity contribution in [1.29, 1.82) is 0 Å². The molecule has 0 aromatic carbocycles. The molecule has 0 aliphatic rings. The fourth-order valence-corrected chi connectivity index (χ4v) is 2.08. The highest BCUT2D eigenvalue weighted by atomic mass is 32.1. The third kappa shape index (κ3) is 5.80. The Morgan fingerprint density at radius 2 is 2.53 bits per heavy atom. The van der Waals surface area contributed by atoms with Crippen molar-refractivity contribution in [3.63, 3.8) is 0 Å². The number of aliphatic hydroxyl groups is 1. The van der Waals surface area contributed by atoms with Gasteiger partial charge in [0.05, 0.1) is 37.1 Å². The fraction of sp³-hybridized carbons (Fsp3) is 0.583. The summed E-state index contributed by atoms with van der Waals surface area (Å²) in [6, 6.07) is 0. The Morgan fingerprint density at radius 1 is 1.71 bits per heavy atom. The smallest absolute Gasteiger partial charge is 0.0897 e. The maximum Gasteiger partial charge on any atom is 0.0897 e. The van der Waals surface area contributed by atoms with E-state index in [1.165, 1.54) is 4.88 Å². The van der Waals surface area contributed by atoms with Crippen LogP contribution >= 0.6 is 11.3 Å². The van der Waals surface area contributed by atoms with Crippen molar-refractivity contribution >= 4 is 11.3 Å². The SMILES string of the molecule is C#CCNCC(O)COCCc1scnc1C. The van der Waals surface area contributed by atoms with Crippen LogP contribution < -0.4 is 5.32 Å². The number of ether oxygens (including phenoxy) is 1. The summed E-state index contributed by atoms with van der Waals surface area (Å²) in [7, 11) is 0. The molecule has 0 saturated heterocycles. The minimum absolute atomic E-state index is 0.329. The predicted molar refractivity (Wildman–Crippen MR) is 69.1 cm³/mol. The summed E-state index contributed by atoms with van der Waals surface area (Å²) in [5.74, 6) is 2.45. The van der Waals surface area contributed by atoms with Crippen LogP contribution in [0.15, 0.2) is 5.51 Å². The number of rotatable bonds is 8. The number of nitrogens with one attached hydrogen (secondary N) is 1. The molecule has 1 aromatic heterocycles. The van der Waals surface area contributed by atoms with E-state index in [-0.39, 0.29) is 0 Å². The lowest BCUT2D eigenvalue weighted by Gasteiger charge is -2.10. The van der Waals surface area contributed by atoms with E-state index in [0.29, 0.717) is 26.3 Å². The van der Waals surface area contributed by atoms with Gasteiger partial charge in [-0.15, -0.1) is 17.8 Å². The zero-order valence-corrected chi connectivity index (χ0v) is 10.8. The first-order valence-corrected chi connectivity index (χ1v) is 6.41. The van der Waals surface area contributed by atoms with Crippen LogP contribution in [0.2, 0.25) is 0 Å². The van der Waals surface area contributed by atoms with Gasteiger partial charge in [-0.2, -0.15) is 0 Å². The maximum atomic E-state index is 9.52. The highest BCUT2D eigenvalue weighted by Gasteiger charge is 2.04. The topological polar surface area (TPSA) is 54.4 Å². The molecule has 5 heteroatoms. The number of hydrogen-bond acceptors (Lipinski definition) is 5. The first-order valence-electron chi connectivity index (χ1n) is 5.53. The van der Waals surface area contributed by atoms with E-state index in [1.54, 1.807) is 11.3 Å². The van der Waals surface area contributed by atoms with Gasteiger partial charge in [0.25, 0.3) is 0 Å². The normalized spacial score (nSPS) is 12.3. The van der Waals surface area contributed by atoms with Crippen molar-refractivity contribution in [3.05, 3.63) is 16.1 Å². The first kappa shape index (κ1) is 14.1. The second-order valence-electron chi connectivity index (χ2n) is 3.67. The van der Waals surface area contributed by atoms with Crippen molar-refractivity contribution in [3.8, 4) is 12.3 Å². The molecule has 0 fully saturated rings. The van der Waals surface area contributed by atoms with Crippen molar-refractivity contribution in [2.24, 2.45) is 0 Å². The van der Waals surface area contributed by atoms with Crippen LogP contribution in [0.25, 0.3) is 0 Å². The van der Waals surface area contributed by atoms with Gasteiger partial charge in [0.1, 0.15) is 0 Å². The standard InChI is InChI=1S/C12H18N2O2S/c1-3-5-13-7-11(15)8-16-6-4-12-10(2)14-9-17-12/h1,9,11,13,15H,4-8H2,2H3. The van der Waals surface area contributed by atoms with Crippen molar-refractivity contribution in [1.82, 2.24) is 10.3 Å². The van der Waals surface area contributed by atoms with Gasteiger partial charge in [-0.1, -0.05) is 5.92 Å². The van der Waals surface area contributed by atoms with E-state index in [4.69, 9.17) is 11.2 Å². The Morgan fingerprint density at radius 3 is 3.18 bits per heavy atom. The number of aromatic nitrogens is 1. The van der Waals surface area contributed by atoms with Crippen LogP contribution in [0.1, 0.15) is 10.6 Å². The highest BCUT2D eigenvalue weighted by molar-refractivity contribution is 7.09. The molecule has 94 valence electrons. The summed E-state index contributed by atoms with van der Waals surface area (Å²) in [4.78, 5) is 5.41. The van der Waals surface area contributed by atoms with Crippen LogP contribution in [0.4, 0.5) is 0 Å². The highest BCUT2D eigenvalue weighted by Crippen LogP contribution is 2.12. The van der Waals surface area contributed by atoms with E-state index in [0.717, 1.165) is 12.1 Å². The van der Waals surface area contributed by atoms with Crippen molar-refractivity contribution in [2.75, 3.05) is 26.3 Å². The van der Waals surface area contributed by atoms with Gasteiger partial charge in [-0.3, -0.25) is 0 Å². The molecule has 1 aromatic rings. The number of hydrogen-bond donors (Lipinski definition) is 2. The average molecular weight is 254 g/mol.